The third kappa shape index (κ3) is 2.55. The number of anilines is 1. The maximum atomic E-state index is 12.6. The fourth-order valence-electron chi connectivity index (χ4n) is 2.51. The first kappa shape index (κ1) is 14.5. The van der Waals surface area contributed by atoms with Gasteiger partial charge in [0.1, 0.15) is 17.2 Å². The van der Waals surface area contributed by atoms with Crippen molar-refractivity contribution in [1.29, 1.82) is 0 Å². The van der Waals surface area contributed by atoms with Crippen molar-refractivity contribution >= 4 is 29.0 Å². The number of fused-ring (bicyclic) bond motifs is 1. The SMILES string of the molecule is O=C(Nc1c(-c2ccco2)nc2ccccn12)c1cccc(Cl)c1. The standard InChI is InChI=1S/C18H12ClN3O2/c19-13-6-3-5-12(11-13)18(23)21-17-16(14-7-4-10-24-14)20-15-8-1-2-9-22(15)17/h1-11H,(H,21,23). The van der Waals surface area contributed by atoms with Crippen LogP contribution in [0.5, 0.6) is 0 Å². The lowest BCUT2D eigenvalue weighted by Gasteiger charge is -2.07. The van der Waals surface area contributed by atoms with E-state index in [0.717, 1.165) is 0 Å². The van der Waals surface area contributed by atoms with Crippen LogP contribution in [0, 0.1) is 0 Å². The average molecular weight is 338 g/mol. The molecule has 6 heteroatoms. The Morgan fingerprint density at radius 1 is 1.12 bits per heavy atom. The van der Waals surface area contributed by atoms with Crippen molar-refractivity contribution in [1.82, 2.24) is 9.38 Å². The van der Waals surface area contributed by atoms with Gasteiger partial charge in [-0.2, -0.15) is 0 Å². The first-order valence-electron chi connectivity index (χ1n) is 7.30. The Kier molecular flexibility index (Phi) is 3.55. The van der Waals surface area contributed by atoms with E-state index >= 15 is 0 Å². The highest BCUT2D eigenvalue weighted by Gasteiger charge is 2.18. The average Bonchev–Trinajstić information content (AvgIpc) is 3.23. The Morgan fingerprint density at radius 2 is 2.04 bits per heavy atom. The number of nitrogens with zero attached hydrogens (tertiary/aromatic N) is 2. The highest BCUT2D eigenvalue weighted by atomic mass is 35.5. The van der Waals surface area contributed by atoms with Crippen LogP contribution in [-0.4, -0.2) is 15.3 Å². The Morgan fingerprint density at radius 3 is 2.83 bits per heavy atom. The van der Waals surface area contributed by atoms with Crippen molar-refractivity contribution in [2.75, 3.05) is 5.32 Å². The van der Waals surface area contributed by atoms with Crippen LogP contribution < -0.4 is 5.32 Å². The lowest BCUT2D eigenvalue weighted by molar-refractivity contribution is 0.102. The Bertz CT molecular complexity index is 1020. The Labute approximate surface area is 142 Å². The smallest absolute Gasteiger partial charge is 0.256 e. The Balaban J connectivity index is 1.80. The van der Waals surface area contributed by atoms with E-state index < -0.39 is 0 Å². The van der Waals surface area contributed by atoms with Crippen molar-refractivity contribution in [3.63, 3.8) is 0 Å². The lowest BCUT2D eigenvalue weighted by Crippen LogP contribution is -2.14. The zero-order chi connectivity index (χ0) is 16.5. The fraction of sp³-hybridized carbons (Fsp3) is 0. The molecule has 0 fully saturated rings. The summed E-state index contributed by atoms with van der Waals surface area (Å²) < 4.78 is 7.25. The lowest BCUT2D eigenvalue weighted by atomic mass is 10.2. The molecule has 24 heavy (non-hydrogen) atoms. The normalized spacial score (nSPS) is 10.9. The molecule has 4 rings (SSSR count). The maximum absolute atomic E-state index is 12.6. The molecular formula is C18H12ClN3O2. The largest absolute Gasteiger partial charge is 0.463 e. The summed E-state index contributed by atoms with van der Waals surface area (Å²) in [6.45, 7) is 0. The molecule has 3 aromatic heterocycles. The molecule has 0 saturated carbocycles. The molecule has 118 valence electrons. The molecule has 0 aliphatic carbocycles. The van der Waals surface area contributed by atoms with E-state index in [0.29, 0.717) is 33.5 Å². The van der Waals surface area contributed by atoms with Gasteiger partial charge in [0.15, 0.2) is 5.76 Å². The zero-order valence-corrected chi connectivity index (χ0v) is 13.2. The second-order valence-electron chi connectivity index (χ2n) is 5.18. The van der Waals surface area contributed by atoms with Gasteiger partial charge in [-0.05, 0) is 42.5 Å². The summed E-state index contributed by atoms with van der Waals surface area (Å²) in [5.41, 5.74) is 1.76. The van der Waals surface area contributed by atoms with Crippen LogP contribution in [-0.2, 0) is 0 Å². The third-order valence-corrected chi connectivity index (χ3v) is 3.84. The van der Waals surface area contributed by atoms with E-state index in [1.807, 2.05) is 24.4 Å². The molecule has 1 aromatic carbocycles. The number of amides is 1. The molecule has 0 aliphatic heterocycles. The van der Waals surface area contributed by atoms with Crippen molar-refractivity contribution in [2.45, 2.75) is 0 Å². The van der Waals surface area contributed by atoms with Crippen molar-refractivity contribution in [3.8, 4) is 11.5 Å². The number of imidazole rings is 1. The van der Waals surface area contributed by atoms with Crippen LogP contribution in [0.4, 0.5) is 5.82 Å². The number of benzene rings is 1. The zero-order valence-electron chi connectivity index (χ0n) is 12.4. The minimum atomic E-state index is -0.268. The molecule has 4 aromatic rings. The van der Waals surface area contributed by atoms with E-state index in [4.69, 9.17) is 16.0 Å². The van der Waals surface area contributed by atoms with Gasteiger partial charge in [-0.1, -0.05) is 23.7 Å². The van der Waals surface area contributed by atoms with Crippen LogP contribution in [0.1, 0.15) is 10.4 Å². The van der Waals surface area contributed by atoms with E-state index in [2.05, 4.69) is 10.3 Å². The van der Waals surface area contributed by atoms with Crippen molar-refractivity contribution < 1.29 is 9.21 Å². The number of rotatable bonds is 3. The minimum Gasteiger partial charge on any atom is -0.463 e. The number of halogens is 1. The van der Waals surface area contributed by atoms with Gasteiger partial charge in [-0.3, -0.25) is 9.20 Å². The number of carbonyl (C=O) groups is 1. The van der Waals surface area contributed by atoms with E-state index in [9.17, 15) is 4.79 Å². The quantitative estimate of drug-likeness (QED) is 0.598. The predicted molar refractivity (Wildman–Crippen MR) is 92.3 cm³/mol. The minimum absolute atomic E-state index is 0.268. The summed E-state index contributed by atoms with van der Waals surface area (Å²) >= 11 is 5.97. The Hall–Kier alpha value is -3.05. The number of hydrogen-bond donors (Lipinski definition) is 1. The van der Waals surface area contributed by atoms with Gasteiger partial charge >= 0.3 is 0 Å². The van der Waals surface area contributed by atoms with E-state index in [-0.39, 0.29) is 5.91 Å². The van der Waals surface area contributed by atoms with Crippen LogP contribution in [0.3, 0.4) is 0 Å². The highest BCUT2D eigenvalue weighted by molar-refractivity contribution is 6.31. The summed E-state index contributed by atoms with van der Waals surface area (Å²) in [4.78, 5) is 17.1. The summed E-state index contributed by atoms with van der Waals surface area (Å²) in [5, 5.41) is 3.41. The molecule has 0 bridgehead atoms. The molecule has 0 atom stereocenters. The number of hydrogen-bond acceptors (Lipinski definition) is 3. The van der Waals surface area contributed by atoms with Gasteiger partial charge in [0.05, 0.1) is 6.26 Å². The second kappa shape index (κ2) is 5.86. The summed E-state index contributed by atoms with van der Waals surface area (Å²) in [6.07, 6.45) is 3.41. The topological polar surface area (TPSA) is 59.5 Å². The van der Waals surface area contributed by atoms with Crippen molar-refractivity contribution in [3.05, 3.63) is 77.6 Å². The summed E-state index contributed by atoms with van der Waals surface area (Å²) in [5.74, 6) is 0.863. The molecule has 0 radical (unpaired) electrons. The van der Waals surface area contributed by atoms with Gasteiger partial charge in [-0.25, -0.2) is 4.98 Å². The summed E-state index contributed by atoms with van der Waals surface area (Å²) in [6, 6.07) is 16.0. The van der Waals surface area contributed by atoms with Gasteiger partial charge in [-0.15, -0.1) is 0 Å². The van der Waals surface area contributed by atoms with E-state index in [1.54, 1.807) is 47.1 Å². The first-order chi connectivity index (χ1) is 11.7. The van der Waals surface area contributed by atoms with Crippen LogP contribution in [0.25, 0.3) is 17.1 Å². The number of carbonyl (C=O) groups excluding carboxylic acids is 1. The summed E-state index contributed by atoms with van der Waals surface area (Å²) in [7, 11) is 0. The number of pyridine rings is 1. The maximum Gasteiger partial charge on any atom is 0.256 e. The molecule has 5 nitrogen and oxygen atoms in total. The molecular weight excluding hydrogens is 326 g/mol. The van der Waals surface area contributed by atoms with Crippen molar-refractivity contribution in [2.24, 2.45) is 0 Å². The number of furan rings is 1. The molecule has 1 N–H and O–H groups in total. The molecule has 0 saturated heterocycles. The molecule has 0 unspecified atom stereocenters. The predicted octanol–water partition coefficient (Wildman–Crippen LogP) is 4.50. The van der Waals surface area contributed by atoms with Gasteiger partial charge in [0.2, 0.25) is 0 Å². The first-order valence-corrected chi connectivity index (χ1v) is 7.68. The molecule has 0 aliphatic rings. The monoisotopic (exact) mass is 337 g/mol. The molecule has 0 spiro atoms. The van der Waals surface area contributed by atoms with Crippen LogP contribution in [0.2, 0.25) is 5.02 Å². The molecule has 1 amide bonds. The van der Waals surface area contributed by atoms with Gasteiger partial charge in [0, 0.05) is 16.8 Å². The highest BCUT2D eigenvalue weighted by Crippen LogP contribution is 2.29. The number of aromatic nitrogens is 2. The fourth-order valence-corrected chi connectivity index (χ4v) is 2.70. The van der Waals surface area contributed by atoms with Gasteiger partial charge < -0.3 is 9.73 Å². The number of nitrogens with one attached hydrogen (secondary N) is 1. The second-order valence-corrected chi connectivity index (χ2v) is 5.62. The van der Waals surface area contributed by atoms with Gasteiger partial charge in [0.25, 0.3) is 5.91 Å². The molecule has 3 heterocycles. The van der Waals surface area contributed by atoms with Crippen LogP contribution >= 0.6 is 11.6 Å². The van der Waals surface area contributed by atoms with E-state index in [1.165, 1.54) is 0 Å². The third-order valence-electron chi connectivity index (χ3n) is 3.60. The van der Waals surface area contributed by atoms with Crippen LogP contribution in [0.15, 0.2) is 71.5 Å².